The van der Waals surface area contributed by atoms with E-state index in [-0.39, 0.29) is 29.1 Å². The van der Waals surface area contributed by atoms with Crippen LogP contribution in [-0.2, 0) is 11.2 Å². The van der Waals surface area contributed by atoms with Crippen LogP contribution in [0.2, 0.25) is 5.02 Å². The summed E-state index contributed by atoms with van der Waals surface area (Å²) in [6.45, 7) is 2.27. The van der Waals surface area contributed by atoms with Crippen LogP contribution in [0.1, 0.15) is 18.9 Å². The maximum absolute atomic E-state index is 13.1. The summed E-state index contributed by atoms with van der Waals surface area (Å²) in [6.07, 6.45) is 0.947. The summed E-state index contributed by atoms with van der Waals surface area (Å²) >= 11 is 5.96. The fraction of sp³-hybridized carbons (Fsp3) is 0.278. The number of anilines is 2. The van der Waals surface area contributed by atoms with Crippen molar-refractivity contribution in [2.75, 3.05) is 17.2 Å². The van der Waals surface area contributed by atoms with Crippen LogP contribution in [0.5, 0.6) is 5.75 Å². The number of amides is 1. The van der Waals surface area contributed by atoms with Crippen LogP contribution in [-0.4, -0.2) is 18.6 Å². The second-order valence-corrected chi connectivity index (χ2v) is 6.18. The number of carbonyl (C=O) groups is 1. The van der Waals surface area contributed by atoms with Gasteiger partial charge in [-0.3, -0.25) is 4.79 Å². The fourth-order valence-electron chi connectivity index (χ4n) is 2.91. The number of hydrogen-bond acceptors (Lipinski definition) is 3. The Labute approximate surface area is 157 Å². The first kappa shape index (κ1) is 19.3. The normalized spacial score (nSPS) is 14.3. The Balaban J connectivity index is 0.00000225. The molecule has 1 aliphatic rings. The van der Waals surface area contributed by atoms with Gasteiger partial charge in [-0.05, 0) is 55.7 Å². The van der Waals surface area contributed by atoms with Gasteiger partial charge in [0.1, 0.15) is 11.6 Å². The third-order valence-corrected chi connectivity index (χ3v) is 4.39. The maximum Gasteiger partial charge on any atom is 0.267 e. The first-order chi connectivity index (χ1) is 11.5. The highest BCUT2D eigenvalue weighted by Crippen LogP contribution is 2.32. The molecule has 3 rings (SSSR count). The number of carbonyl (C=O) groups excluding carboxylic acids is 1. The molecule has 7 heteroatoms. The molecule has 4 nitrogen and oxygen atoms in total. The molecule has 0 aromatic heterocycles. The lowest BCUT2D eigenvalue weighted by atomic mass is 9.99. The van der Waals surface area contributed by atoms with Crippen LogP contribution in [0, 0.1) is 5.82 Å². The predicted molar refractivity (Wildman–Crippen MR) is 100 cm³/mol. The van der Waals surface area contributed by atoms with E-state index in [0.29, 0.717) is 12.2 Å². The molecule has 0 bridgehead atoms. The van der Waals surface area contributed by atoms with E-state index >= 15 is 0 Å². The van der Waals surface area contributed by atoms with Crippen molar-refractivity contribution in [3.63, 3.8) is 0 Å². The molecule has 1 aliphatic heterocycles. The molecule has 0 spiro atoms. The fourth-order valence-corrected chi connectivity index (χ4v) is 3.12. The van der Waals surface area contributed by atoms with E-state index in [9.17, 15) is 9.18 Å². The summed E-state index contributed by atoms with van der Waals surface area (Å²) in [6, 6.07) is 9.39. The number of ether oxygens (including phenoxy) is 1. The summed E-state index contributed by atoms with van der Waals surface area (Å²) in [4.78, 5) is 14.5. The Morgan fingerprint density at radius 3 is 2.84 bits per heavy atom. The van der Waals surface area contributed by atoms with Crippen molar-refractivity contribution < 1.29 is 13.9 Å². The second-order valence-electron chi connectivity index (χ2n) is 5.77. The average molecular weight is 385 g/mol. The Morgan fingerprint density at radius 1 is 1.36 bits per heavy atom. The minimum Gasteiger partial charge on any atom is -0.479 e. The molecule has 1 amide bonds. The Bertz CT molecular complexity index is 786. The van der Waals surface area contributed by atoms with E-state index in [1.54, 1.807) is 11.8 Å². The largest absolute Gasteiger partial charge is 0.479 e. The van der Waals surface area contributed by atoms with Gasteiger partial charge in [0.05, 0.1) is 5.02 Å². The van der Waals surface area contributed by atoms with E-state index in [2.05, 4.69) is 0 Å². The standard InChI is InChI=1S/C18H18ClFN2O2.ClH/c1-11(24-17-8-7-12(20)10-14(17)19)18(23)22-9-3-4-13-15(21)5-2-6-16(13)22;/h2,5-8,10-11H,3-4,9,21H2,1H3;1H. The van der Waals surface area contributed by atoms with Gasteiger partial charge in [0.15, 0.2) is 6.10 Å². The Kier molecular flexibility index (Phi) is 6.14. The molecule has 0 radical (unpaired) electrons. The highest BCUT2D eigenvalue weighted by molar-refractivity contribution is 6.32. The highest BCUT2D eigenvalue weighted by atomic mass is 35.5. The smallest absolute Gasteiger partial charge is 0.267 e. The van der Waals surface area contributed by atoms with Gasteiger partial charge in [0, 0.05) is 17.9 Å². The lowest BCUT2D eigenvalue weighted by molar-refractivity contribution is -0.124. The number of fused-ring (bicyclic) bond motifs is 1. The third kappa shape index (κ3) is 3.99. The Hall–Kier alpha value is -1.98. The number of nitrogens with zero attached hydrogens (tertiary/aromatic N) is 1. The number of benzene rings is 2. The maximum atomic E-state index is 13.1. The molecule has 1 unspecified atom stereocenters. The topological polar surface area (TPSA) is 55.6 Å². The molecule has 0 saturated heterocycles. The van der Waals surface area contributed by atoms with Crippen molar-refractivity contribution in [3.05, 3.63) is 52.8 Å². The van der Waals surface area contributed by atoms with Crippen LogP contribution < -0.4 is 15.4 Å². The van der Waals surface area contributed by atoms with Gasteiger partial charge in [-0.25, -0.2) is 4.39 Å². The SMILES string of the molecule is CC(Oc1ccc(F)cc1Cl)C(=O)N1CCCc2c(N)cccc21.Cl. The average Bonchev–Trinajstić information content (AvgIpc) is 2.56. The van der Waals surface area contributed by atoms with Crippen LogP contribution in [0.4, 0.5) is 15.8 Å². The molecule has 0 fully saturated rings. The number of halogens is 3. The summed E-state index contributed by atoms with van der Waals surface area (Å²) in [5, 5.41) is 0.137. The molecular weight excluding hydrogens is 366 g/mol. The zero-order valence-electron chi connectivity index (χ0n) is 13.7. The quantitative estimate of drug-likeness (QED) is 0.805. The minimum absolute atomic E-state index is 0. The second kappa shape index (κ2) is 7.93. The summed E-state index contributed by atoms with van der Waals surface area (Å²) < 4.78 is 18.7. The molecule has 2 aromatic rings. The van der Waals surface area contributed by atoms with Gasteiger partial charge >= 0.3 is 0 Å². The van der Waals surface area contributed by atoms with E-state index in [4.69, 9.17) is 22.1 Å². The van der Waals surface area contributed by atoms with Crippen molar-refractivity contribution >= 4 is 41.3 Å². The molecule has 0 aliphatic carbocycles. The van der Waals surface area contributed by atoms with Gasteiger partial charge in [-0.1, -0.05) is 17.7 Å². The van der Waals surface area contributed by atoms with Crippen molar-refractivity contribution in [1.29, 1.82) is 0 Å². The lowest BCUT2D eigenvalue weighted by Crippen LogP contribution is -2.43. The Morgan fingerprint density at radius 2 is 2.12 bits per heavy atom. The van der Waals surface area contributed by atoms with E-state index in [1.165, 1.54) is 12.1 Å². The van der Waals surface area contributed by atoms with Crippen LogP contribution >= 0.6 is 24.0 Å². The molecule has 2 aromatic carbocycles. The number of rotatable bonds is 3. The minimum atomic E-state index is -0.750. The van der Waals surface area contributed by atoms with E-state index < -0.39 is 11.9 Å². The van der Waals surface area contributed by atoms with Gasteiger partial charge in [-0.2, -0.15) is 0 Å². The first-order valence-corrected chi connectivity index (χ1v) is 8.15. The molecule has 1 heterocycles. The van der Waals surface area contributed by atoms with Crippen LogP contribution in [0.3, 0.4) is 0 Å². The third-order valence-electron chi connectivity index (χ3n) is 4.10. The van der Waals surface area contributed by atoms with Gasteiger partial charge in [0.25, 0.3) is 5.91 Å². The molecular formula is C18H19Cl2FN2O2. The van der Waals surface area contributed by atoms with Crippen molar-refractivity contribution in [1.82, 2.24) is 0 Å². The molecule has 25 heavy (non-hydrogen) atoms. The lowest BCUT2D eigenvalue weighted by Gasteiger charge is -2.32. The number of hydrogen-bond donors (Lipinski definition) is 1. The summed E-state index contributed by atoms with van der Waals surface area (Å²) in [7, 11) is 0. The van der Waals surface area contributed by atoms with Gasteiger partial charge in [0.2, 0.25) is 0 Å². The monoisotopic (exact) mass is 384 g/mol. The van der Waals surface area contributed by atoms with Gasteiger partial charge < -0.3 is 15.4 Å². The van der Waals surface area contributed by atoms with Crippen LogP contribution in [0.25, 0.3) is 0 Å². The zero-order chi connectivity index (χ0) is 17.3. The van der Waals surface area contributed by atoms with Crippen LogP contribution in [0.15, 0.2) is 36.4 Å². The summed E-state index contributed by atoms with van der Waals surface area (Å²) in [5.41, 5.74) is 8.53. The number of nitrogen functional groups attached to an aromatic ring is 1. The molecule has 2 N–H and O–H groups in total. The van der Waals surface area contributed by atoms with Crippen molar-refractivity contribution in [3.8, 4) is 5.75 Å². The predicted octanol–water partition coefficient (Wildman–Crippen LogP) is 4.23. The molecule has 0 saturated carbocycles. The number of nitrogens with two attached hydrogens (primary N) is 1. The van der Waals surface area contributed by atoms with Gasteiger partial charge in [-0.15, -0.1) is 12.4 Å². The summed E-state index contributed by atoms with van der Waals surface area (Å²) in [5.74, 6) is -0.350. The zero-order valence-corrected chi connectivity index (χ0v) is 15.2. The molecule has 134 valence electrons. The molecule has 1 atom stereocenters. The van der Waals surface area contributed by atoms with Crippen molar-refractivity contribution in [2.24, 2.45) is 0 Å². The highest BCUT2D eigenvalue weighted by Gasteiger charge is 2.28. The van der Waals surface area contributed by atoms with E-state index in [1.807, 2.05) is 18.2 Å². The van der Waals surface area contributed by atoms with E-state index in [0.717, 1.165) is 30.2 Å². The van der Waals surface area contributed by atoms with Crippen molar-refractivity contribution in [2.45, 2.75) is 25.9 Å². The first-order valence-electron chi connectivity index (χ1n) is 7.78.